The lowest BCUT2D eigenvalue weighted by atomic mass is 10.0. The molecule has 0 amide bonds. The Morgan fingerprint density at radius 3 is 2.58 bits per heavy atom. The molecule has 1 fully saturated rings. The number of aromatic amines is 1. The summed E-state index contributed by atoms with van der Waals surface area (Å²) in [6, 6.07) is 9.53. The van der Waals surface area contributed by atoms with E-state index in [2.05, 4.69) is 14.7 Å². The van der Waals surface area contributed by atoms with Crippen LogP contribution in [0.2, 0.25) is 0 Å². The first-order valence-electron chi connectivity index (χ1n) is 6.22. The molecule has 1 heterocycles. The number of benzene rings is 1. The van der Waals surface area contributed by atoms with Gasteiger partial charge in [-0.25, -0.2) is 18.1 Å². The predicted octanol–water partition coefficient (Wildman–Crippen LogP) is 1.84. The van der Waals surface area contributed by atoms with Crippen LogP contribution in [0.25, 0.3) is 0 Å². The van der Waals surface area contributed by atoms with Crippen molar-refractivity contribution in [3.63, 3.8) is 0 Å². The van der Waals surface area contributed by atoms with Crippen molar-refractivity contribution in [1.82, 2.24) is 14.7 Å². The van der Waals surface area contributed by atoms with Crippen molar-refractivity contribution in [2.24, 2.45) is 5.92 Å². The fourth-order valence-electron chi connectivity index (χ4n) is 2.15. The minimum atomic E-state index is -3.54. The van der Waals surface area contributed by atoms with E-state index in [-0.39, 0.29) is 11.1 Å². The zero-order valence-corrected chi connectivity index (χ0v) is 11.1. The molecule has 1 saturated carbocycles. The number of hydrogen-bond acceptors (Lipinski definition) is 3. The second kappa shape index (κ2) is 4.79. The van der Waals surface area contributed by atoms with Crippen LogP contribution >= 0.6 is 0 Å². The summed E-state index contributed by atoms with van der Waals surface area (Å²) in [4.78, 5) is 6.39. The molecule has 5 nitrogen and oxygen atoms in total. The normalized spacial score (nSPS) is 17.3. The van der Waals surface area contributed by atoms with E-state index < -0.39 is 10.0 Å². The Balaban J connectivity index is 1.87. The Hall–Kier alpha value is -1.66. The van der Waals surface area contributed by atoms with Crippen molar-refractivity contribution in [2.75, 3.05) is 0 Å². The smallest absolute Gasteiger partial charge is 0.258 e. The Morgan fingerprint density at radius 2 is 2.00 bits per heavy atom. The topological polar surface area (TPSA) is 74.8 Å². The van der Waals surface area contributed by atoms with Gasteiger partial charge < -0.3 is 4.98 Å². The third-order valence-corrected chi connectivity index (χ3v) is 4.66. The molecule has 0 saturated heterocycles. The second-order valence-corrected chi connectivity index (χ2v) is 6.45. The molecule has 1 aliphatic rings. The number of sulfonamides is 1. The van der Waals surface area contributed by atoms with E-state index >= 15 is 0 Å². The molecule has 1 aromatic heterocycles. The van der Waals surface area contributed by atoms with E-state index in [9.17, 15) is 8.42 Å². The average molecular weight is 277 g/mol. The molecule has 6 heteroatoms. The van der Waals surface area contributed by atoms with Crippen molar-refractivity contribution < 1.29 is 8.42 Å². The number of imidazole rings is 1. The SMILES string of the molecule is O=S(=O)(NC(c1ccccc1)C1CC1)c1cnc[nH]1. The van der Waals surface area contributed by atoms with Crippen LogP contribution < -0.4 is 4.72 Å². The molecule has 100 valence electrons. The maximum absolute atomic E-state index is 12.2. The van der Waals surface area contributed by atoms with E-state index in [1.807, 2.05) is 30.3 Å². The molecular weight excluding hydrogens is 262 g/mol. The van der Waals surface area contributed by atoms with Crippen molar-refractivity contribution in [3.8, 4) is 0 Å². The Labute approximate surface area is 112 Å². The lowest BCUT2D eigenvalue weighted by Crippen LogP contribution is -2.30. The largest absolute Gasteiger partial charge is 0.335 e. The first kappa shape index (κ1) is 12.4. The van der Waals surface area contributed by atoms with Crippen LogP contribution in [0, 0.1) is 5.92 Å². The fourth-order valence-corrected chi connectivity index (χ4v) is 3.34. The highest BCUT2D eigenvalue weighted by atomic mass is 32.2. The molecular formula is C13H15N3O2S. The predicted molar refractivity (Wildman–Crippen MR) is 70.8 cm³/mol. The van der Waals surface area contributed by atoms with E-state index in [4.69, 9.17) is 0 Å². The van der Waals surface area contributed by atoms with Gasteiger partial charge in [-0.05, 0) is 24.3 Å². The van der Waals surface area contributed by atoms with Crippen molar-refractivity contribution >= 4 is 10.0 Å². The van der Waals surface area contributed by atoms with Gasteiger partial charge in [0.1, 0.15) is 0 Å². The van der Waals surface area contributed by atoms with Crippen LogP contribution in [0.4, 0.5) is 0 Å². The van der Waals surface area contributed by atoms with E-state index in [0.29, 0.717) is 5.92 Å². The summed E-state index contributed by atoms with van der Waals surface area (Å²) in [5.74, 6) is 0.389. The van der Waals surface area contributed by atoms with Gasteiger partial charge in [-0.3, -0.25) is 0 Å². The maximum atomic E-state index is 12.2. The summed E-state index contributed by atoms with van der Waals surface area (Å²) in [6.45, 7) is 0. The highest BCUT2D eigenvalue weighted by molar-refractivity contribution is 7.89. The Kier molecular flexibility index (Phi) is 3.12. The van der Waals surface area contributed by atoms with E-state index in [1.165, 1.54) is 12.5 Å². The van der Waals surface area contributed by atoms with Gasteiger partial charge in [0, 0.05) is 6.04 Å². The Morgan fingerprint density at radius 1 is 1.26 bits per heavy atom. The summed E-state index contributed by atoms with van der Waals surface area (Å²) >= 11 is 0. The Bertz CT molecular complexity index is 634. The molecule has 1 aliphatic carbocycles. The van der Waals surface area contributed by atoms with Crippen molar-refractivity contribution in [3.05, 3.63) is 48.4 Å². The quantitative estimate of drug-likeness (QED) is 0.875. The minimum Gasteiger partial charge on any atom is -0.335 e. The van der Waals surface area contributed by atoms with Gasteiger partial charge in [0.15, 0.2) is 5.03 Å². The summed E-state index contributed by atoms with van der Waals surface area (Å²) < 4.78 is 27.2. The number of nitrogens with one attached hydrogen (secondary N) is 2. The zero-order valence-electron chi connectivity index (χ0n) is 10.3. The summed E-state index contributed by atoms with van der Waals surface area (Å²) in [5.41, 5.74) is 1.01. The number of aromatic nitrogens is 2. The summed E-state index contributed by atoms with van der Waals surface area (Å²) in [6.07, 6.45) is 4.80. The van der Waals surface area contributed by atoms with Gasteiger partial charge in [0.2, 0.25) is 0 Å². The zero-order chi connectivity index (χ0) is 13.3. The molecule has 1 aromatic carbocycles. The molecule has 0 spiro atoms. The lowest BCUT2D eigenvalue weighted by molar-refractivity contribution is 0.527. The molecule has 3 rings (SSSR count). The van der Waals surface area contributed by atoms with Gasteiger partial charge in [0.25, 0.3) is 10.0 Å². The third kappa shape index (κ3) is 2.69. The molecule has 0 aliphatic heterocycles. The highest BCUT2D eigenvalue weighted by Crippen LogP contribution is 2.41. The second-order valence-electron chi connectivity index (χ2n) is 4.76. The van der Waals surface area contributed by atoms with Crippen LogP contribution in [-0.2, 0) is 10.0 Å². The van der Waals surface area contributed by atoms with Crippen LogP contribution in [0.3, 0.4) is 0 Å². The molecule has 1 unspecified atom stereocenters. The average Bonchev–Trinajstić information content (AvgIpc) is 3.09. The van der Waals surface area contributed by atoms with Crippen LogP contribution in [0.15, 0.2) is 47.9 Å². The lowest BCUT2D eigenvalue weighted by Gasteiger charge is -2.18. The standard InChI is InChI=1S/C13H15N3O2S/c17-19(18,12-8-14-9-15-12)16-13(11-6-7-11)10-4-2-1-3-5-10/h1-5,8-9,11,13,16H,6-7H2,(H,14,15). The van der Waals surface area contributed by atoms with Gasteiger partial charge >= 0.3 is 0 Å². The van der Waals surface area contributed by atoms with E-state index in [1.54, 1.807) is 0 Å². The molecule has 19 heavy (non-hydrogen) atoms. The van der Waals surface area contributed by atoms with Gasteiger partial charge in [-0.15, -0.1) is 0 Å². The number of hydrogen-bond donors (Lipinski definition) is 2. The van der Waals surface area contributed by atoms with Gasteiger partial charge in [0.05, 0.1) is 12.5 Å². The molecule has 2 N–H and O–H groups in total. The van der Waals surface area contributed by atoms with Gasteiger partial charge in [-0.2, -0.15) is 0 Å². The van der Waals surface area contributed by atoms with Crippen LogP contribution in [-0.4, -0.2) is 18.4 Å². The molecule has 1 atom stereocenters. The van der Waals surface area contributed by atoms with Gasteiger partial charge in [-0.1, -0.05) is 30.3 Å². The number of H-pyrrole nitrogens is 1. The highest BCUT2D eigenvalue weighted by Gasteiger charge is 2.35. The van der Waals surface area contributed by atoms with Crippen LogP contribution in [0.5, 0.6) is 0 Å². The summed E-state index contributed by atoms with van der Waals surface area (Å²) in [5, 5.41) is 0.106. The van der Waals surface area contributed by atoms with Crippen molar-refractivity contribution in [2.45, 2.75) is 23.9 Å². The molecule has 0 bridgehead atoms. The maximum Gasteiger partial charge on any atom is 0.258 e. The number of rotatable bonds is 5. The molecule has 2 aromatic rings. The summed E-state index contributed by atoms with van der Waals surface area (Å²) in [7, 11) is -3.54. The molecule has 0 radical (unpaired) electrons. The van der Waals surface area contributed by atoms with Crippen LogP contribution in [0.1, 0.15) is 24.4 Å². The first-order chi connectivity index (χ1) is 9.17. The fraction of sp³-hybridized carbons (Fsp3) is 0.308. The number of nitrogens with zero attached hydrogens (tertiary/aromatic N) is 1. The van der Waals surface area contributed by atoms with E-state index in [0.717, 1.165) is 18.4 Å². The third-order valence-electron chi connectivity index (χ3n) is 3.30. The van der Waals surface area contributed by atoms with Crippen molar-refractivity contribution in [1.29, 1.82) is 0 Å². The minimum absolute atomic E-state index is 0.106. The first-order valence-corrected chi connectivity index (χ1v) is 7.71. The monoisotopic (exact) mass is 277 g/mol.